The maximum absolute atomic E-state index is 10.0. The van der Waals surface area contributed by atoms with Crippen LogP contribution in [0.2, 0.25) is 0 Å². The van der Waals surface area contributed by atoms with Gasteiger partial charge in [-0.2, -0.15) is 0 Å². The molecule has 1 atom stereocenters. The van der Waals surface area contributed by atoms with Crippen LogP contribution in [-0.4, -0.2) is 75.7 Å². The number of hydrogen-bond donors (Lipinski definition) is 1. The van der Waals surface area contributed by atoms with Crippen molar-refractivity contribution in [3.05, 3.63) is 0 Å². The summed E-state index contributed by atoms with van der Waals surface area (Å²) in [5.74, 6) is -0.597. The second-order valence-corrected chi connectivity index (χ2v) is 1.20. The maximum Gasteiger partial charge on any atom is 0.334 e. The summed E-state index contributed by atoms with van der Waals surface area (Å²) in [4.78, 5) is 10.0. The van der Waals surface area contributed by atoms with Crippen LogP contribution in [0.4, 0.5) is 0 Å². The first kappa shape index (κ1) is 11.8. The van der Waals surface area contributed by atoms with E-state index in [9.17, 15) is 4.79 Å². The monoisotopic (exact) mass is 143 g/mol. The van der Waals surface area contributed by atoms with E-state index in [0.29, 0.717) is 0 Å². The van der Waals surface area contributed by atoms with Crippen LogP contribution < -0.4 is 0 Å². The van der Waals surface area contributed by atoms with Gasteiger partial charge in [0, 0.05) is 51.4 Å². The predicted molar refractivity (Wildman–Crippen MR) is 29.5 cm³/mol. The van der Waals surface area contributed by atoms with E-state index in [1.165, 1.54) is 14.0 Å². The summed E-state index contributed by atoms with van der Waals surface area (Å²) in [5, 5.41) is 8.35. The van der Waals surface area contributed by atoms with Gasteiger partial charge in [-0.05, 0) is 6.92 Å². The van der Waals surface area contributed by atoms with Crippen molar-refractivity contribution >= 4 is 57.4 Å². The van der Waals surface area contributed by atoms with Crippen molar-refractivity contribution in [2.24, 2.45) is 0 Å². The molecular formula is C4H8KO3. The zero-order valence-corrected chi connectivity index (χ0v) is 8.46. The molecule has 1 radical (unpaired) electrons. The van der Waals surface area contributed by atoms with Gasteiger partial charge in [-0.15, -0.1) is 0 Å². The molecule has 0 spiro atoms. The smallest absolute Gasteiger partial charge is 0.334 e. The quantitative estimate of drug-likeness (QED) is 0.384. The fourth-order valence-electron chi connectivity index (χ4n) is 0.171. The van der Waals surface area contributed by atoms with Crippen molar-refractivity contribution in [2.75, 3.05) is 7.11 Å². The predicted octanol–water partition coefficient (Wildman–Crippen LogP) is -0.841. The second-order valence-electron chi connectivity index (χ2n) is 1.20. The third kappa shape index (κ3) is 5.21. The topological polar surface area (TPSA) is 46.5 Å². The van der Waals surface area contributed by atoms with Crippen LogP contribution in [0.1, 0.15) is 6.92 Å². The molecule has 0 rings (SSSR count). The van der Waals surface area contributed by atoms with Crippen molar-refractivity contribution in [1.82, 2.24) is 0 Å². The molecule has 0 saturated heterocycles. The molecule has 1 unspecified atom stereocenters. The van der Waals surface area contributed by atoms with Gasteiger partial charge in [-0.1, -0.05) is 0 Å². The fourth-order valence-corrected chi connectivity index (χ4v) is 0.171. The first-order valence-corrected chi connectivity index (χ1v) is 1.94. The Hall–Kier alpha value is 1.07. The Morgan fingerprint density at radius 1 is 1.75 bits per heavy atom. The third-order valence-corrected chi connectivity index (χ3v) is 0.542. The van der Waals surface area contributed by atoms with Gasteiger partial charge in [0.15, 0.2) is 0 Å². The van der Waals surface area contributed by atoms with Gasteiger partial charge < -0.3 is 9.84 Å². The number of aliphatic hydroxyl groups is 1. The Labute approximate surface area is 90.8 Å². The molecular weight excluding hydrogens is 135 g/mol. The molecule has 0 aliphatic carbocycles. The Balaban J connectivity index is 0. The third-order valence-electron chi connectivity index (χ3n) is 0.542. The average molecular weight is 143 g/mol. The number of ether oxygens (including phenoxy) is 1. The molecule has 0 heterocycles. The molecule has 0 aromatic heterocycles. The maximum atomic E-state index is 10.0. The van der Waals surface area contributed by atoms with Crippen LogP contribution in [0.15, 0.2) is 0 Å². The van der Waals surface area contributed by atoms with Crippen LogP contribution in [0.5, 0.6) is 0 Å². The first-order valence-electron chi connectivity index (χ1n) is 1.94. The van der Waals surface area contributed by atoms with Gasteiger partial charge >= 0.3 is 5.97 Å². The zero-order chi connectivity index (χ0) is 5.86. The second kappa shape index (κ2) is 6.19. The molecule has 0 aliphatic heterocycles. The molecule has 1 N–H and O–H groups in total. The summed E-state index contributed by atoms with van der Waals surface area (Å²) in [7, 11) is 1.23. The molecule has 0 fully saturated rings. The number of aliphatic hydroxyl groups excluding tert-OH is 1. The Bertz CT molecular complexity index is 71.7. The van der Waals surface area contributed by atoms with Gasteiger partial charge in [-0.3, -0.25) is 0 Å². The van der Waals surface area contributed by atoms with Crippen LogP contribution in [0.25, 0.3) is 0 Å². The molecule has 4 heteroatoms. The summed E-state index contributed by atoms with van der Waals surface area (Å²) >= 11 is 0. The minimum absolute atomic E-state index is 0. The number of hydrogen-bond acceptors (Lipinski definition) is 3. The van der Waals surface area contributed by atoms with Gasteiger partial charge in [0.25, 0.3) is 0 Å². The zero-order valence-electron chi connectivity index (χ0n) is 5.34. The SMILES string of the molecule is COC(=O)C(C)O.[K]. The van der Waals surface area contributed by atoms with Gasteiger partial charge in [0.2, 0.25) is 0 Å². The number of methoxy groups -OCH3 is 1. The van der Waals surface area contributed by atoms with E-state index in [1.807, 2.05) is 0 Å². The van der Waals surface area contributed by atoms with E-state index in [0.717, 1.165) is 0 Å². The minimum atomic E-state index is -0.995. The van der Waals surface area contributed by atoms with E-state index in [2.05, 4.69) is 4.74 Å². The number of carbonyl (C=O) groups excluding carboxylic acids is 1. The van der Waals surface area contributed by atoms with E-state index in [1.54, 1.807) is 0 Å². The van der Waals surface area contributed by atoms with E-state index >= 15 is 0 Å². The first-order chi connectivity index (χ1) is 3.18. The molecule has 0 aromatic carbocycles. The molecule has 0 aromatic rings. The van der Waals surface area contributed by atoms with Crippen LogP contribution >= 0.6 is 0 Å². The standard InChI is InChI=1S/C4H8O3.K/c1-3(5)4(6)7-2;/h3,5H,1-2H3;. The molecule has 0 aliphatic rings. The molecule has 8 heavy (non-hydrogen) atoms. The molecule has 0 bridgehead atoms. The van der Waals surface area contributed by atoms with Gasteiger partial charge in [0.05, 0.1) is 7.11 Å². The number of rotatable bonds is 1. The summed E-state index contributed by atoms with van der Waals surface area (Å²) in [5.41, 5.74) is 0. The Morgan fingerprint density at radius 2 is 2.12 bits per heavy atom. The van der Waals surface area contributed by atoms with Crippen molar-refractivity contribution in [2.45, 2.75) is 13.0 Å². The molecule has 3 nitrogen and oxygen atoms in total. The number of carbonyl (C=O) groups is 1. The Morgan fingerprint density at radius 3 is 2.12 bits per heavy atom. The molecule has 0 saturated carbocycles. The van der Waals surface area contributed by atoms with E-state index < -0.39 is 12.1 Å². The number of esters is 1. The summed E-state index contributed by atoms with van der Waals surface area (Å²) in [6.07, 6.45) is -0.995. The largest absolute Gasteiger partial charge is 0.467 e. The van der Waals surface area contributed by atoms with Crippen LogP contribution in [-0.2, 0) is 9.53 Å². The van der Waals surface area contributed by atoms with E-state index in [4.69, 9.17) is 5.11 Å². The average Bonchev–Trinajstić information content (AvgIpc) is 1.65. The summed E-state index contributed by atoms with van der Waals surface area (Å²) in [6.45, 7) is 1.35. The van der Waals surface area contributed by atoms with Crippen LogP contribution in [0, 0.1) is 0 Å². The minimum Gasteiger partial charge on any atom is -0.467 e. The Kier molecular flexibility index (Phi) is 9.14. The fraction of sp³-hybridized carbons (Fsp3) is 0.750. The van der Waals surface area contributed by atoms with Crippen molar-refractivity contribution in [1.29, 1.82) is 0 Å². The van der Waals surface area contributed by atoms with Crippen LogP contribution in [0.3, 0.4) is 0 Å². The summed E-state index contributed by atoms with van der Waals surface area (Å²) in [6, 6.07) is 0. The van der Waals surface area contributed by atoms with Crippen molar-refractivity contribution in [3.8, 4) is 0 Å². The molecule has 43 valence electrons. The summed E-state index contributed by atoms with van der Waals surface area (Å²) < 4.78 is 4.12. The van der Waals surface area contributed by atoms with Gasteiger partial charge in [0.1, 0.15) is 6.10 Å². The molecule has 0 amide bonds. The van der Waals surface area contributed by atoms with Gasteiger partial charge in [-0.25, -0.2) is 4.79 Å². The van der Waals surface area contributed by atoms with Crippen molar-refractivity contribution in [3.63, 3.8) is 0 Å². The van der Waals surface area contributed by atoms with E-state index in [-0.39, 0.29) is 51.4 Å². The van der Waals surface area contributed by atoms with Crippen molar-refractivity contribution < 1.29 is 14.6 Å². The normalized spacial score (nSPS) is 11.4.